The Labute approximate surface area is 110 Å². The van der Waals surface area contributed by atoms with Crippen molar-refractivity contribution in [2.45, 2.75) is 0 Å². The van der Waals surface area contributed by atoms with E-state index in [1.165, 1.54) is 4.68 Å². The fourth-order valence-electron chi connectivity index (χ4n) is 1.49. The van der Waals surface area contributed by atoms with Crippen LogP contribution in [0.5, 0.6) is 5.75 Å². The molecular weight excluding hydrogens is 304 g/mol. The van der Waals surface area contributed by atoms with E-state index in [4.69, 9.17) is 4.74 Å². The number of aromatic amines is 1. The SMILES string of the molecule is COc1ccc(-[n+]2[nH]oc(=O)c2C(=O)CBr)cc1. The van der Waals surface area contributed by atoms with E-state index in [-0.39, 0.29) is 16.8 Å². The van der Waals surface area contributed by atoms with Crippen LogP contribution in [0.4, 0.5) is 0 Å². The summed E-state index contributed by atoms with van der Waals surface area (Å²) in [4.78, 5) is 23.1. The maximum Gasteiger partial charge on any atom is 0.438 e. The maximum absolute atomic E-state index is 11.6. The number of Topliss-reactive ketones (excluding diaryl/α,β-unsaturated/α-hetero) is 1. The number of rotatable bonds is 4. The zero-order valence-corrected chi connectivity index (χ0v) is 11.1. The summed E-state index contributed by atoms with van der Waals surface area (Å²) in [5, 5.41) is 2.44. The highest BCUT2D eigenvalue weighted by atomic mass is 79.9. The minimum absolute atomic E-state index is 0.0474. The van der Waals surface area contributed by atoms with Crippen molar-refractivity contribution in [3.63, 3.8) is 0 Å². The smallest absolute Gasteiger partial charge is 0.438 e. The molecule has 1 aromatic carbocycles. The van der Waals surface area contributed by atoms with Gasteiger partial charge in [0.05, 0.1) is 12.4 Å². The number of ether oxygens (including phenoxy) is 1. The number of nitrogens with zero attached hydrogens (tertiary/aromatic N) is 1. The topological polar surface area (TPSA) is 76.2 Å². The van der Waals surface area contributed by atoms with Crippen LogP contribution in [0.15, 0.2) is 33.6 Å². The van der Waals surface area contributed by atoms with Crippen LogP contribution in [0.1, 0.15) is 10.5 Å². The minimum Gasteiger partial charge on any atom is -0.497 e. The van der Waals surface area contributed by atoms with Gasteiger partial charge in [0.1, 0.15) is 5.75 Å². The summed E-state index contributed by atoms with van der Waals surface area (Å²) < 4.78 is 11.0. The standard InChI is InChI=1S/C11H9BrN2O4/c1-17-8-4-2-7(3-5-8)14-10(9(15)6-12)11(16)18-13-14/h2-5H,6H2,1H3/p+1. The third-order valence-electron chi connectivity index (χ3n) is 2.36. The first-order valence-electron chi connectivity index (χ1n) is 5.04. The second-order valence-electron chi connectivity index (χ2n) is 3.42. The molecule has 0 atom stereocenters. The molecule has 1 aromatic heterocycles. The van der Waals surface area contributed by atoms with Crippen molar-refractivity contribution in [1.29, 1.82) is 0 Å². The van der Waals surface area contributed by atoms with Gasteiger partial charge in [0.15, 0.2) is 0 Å². The van der Waals surface area contributed by atoms with E-state index in [0.717, 1.165) is 0 Å². The number of hydrogen-bond acceptors (Lipinski definition) is 4. The van der Waals surface area contributed by atoms with E-state index in [9.17, 15) is 9.59 Å². The van der Waals surface area contributed by atoms with Crippen LogP contribution in [-0.2, 0) is 0 Å². The molecule has 18 heavy (non-hydrogen) atoms. The second-order valence-corrected chi connectivity index (χ2v) is 3.98. The molecule has 1 heterocycles. The van der Waals surface area contributed by atoms with Crippen molar-refractivity contribution in [2.75, 3.05) is 12.4 Å². The van der Waals surface area contributed by atoms with Crippen LogP contribution in [0, 0.1) is 0 Å². The molecule has 6 nitrogen and oxygen atoms in total. The van der Waals surface area contributed by atoms with Gasteiger partial charge in [0.25, 0.3) is 0 Å². The van der Waals surface area contributed by atoms with Crippen molar-refractivity contribution >= 4 is 21.7 Å². The third-order valence-corrected chi connectivity index (χ3v) is 2.87. The molecule has 0 aliphatic rings. The first kappa shape index (κ1) is 12.6. The highest BCUT2D eigenvalue weighted by Gasteiger charge is 2.29. The second kappa shape index (κ2) is 5.18. The molecule has 0 aliphatic heterocycles. The highest BCUT2D eigenvalue weighted by Crippen LogP contribution is 2.11. The average Bonchev–Trinajstić information content (AvgIpc) is 2.80. The normalized spacial score (nSPS) is 10.3. The van der Waals surface area contributed by atoms with Gasteiger partial charge in [-0.05, 0) is 22.1 Å². The van der Waals surface area contributed by atoms with E-state index in [1.54, 1.807) is 31.4 Å². The van der Waals surface area contributed by atoms with Gasteiger partial charge in [-0.2, -0.15) is 0 Å². The Bertz CT molecular complexity index is 615. The number of hydrogen-bond donors (Lipinski definition) is 1. The zero-order valence-electron chi connectivity index (χ0n) is 9.47. The molecule has 0 spiro atoms. The lowest BCUT2D eigenvalue weighted by Gasteiger charge is -1.97. The number of benzene rings is 1. The molecule has 94 valence electrons. The monoisotopic (exact) mass is 313 g/mol. The molecule has 7 heteroatoms. The first-order chi connectivity index (χ1) is 8.67. The number of nitrogens with one attached hydrogen (secondary N) is 1. The van der Waals surface area contributed by atoms with E-state index in [2.05, 4.69) is 25.7 Å². The van der Waals surface area contributed by atoms with Gasteiger partial charge in [-0.3, -0.25) is 9.32 Å². The number of halogens is 1. The summed E-state index contributed by atoms with van der Waals surface area (Å²) in [5.74, 6) is 0.319. The summed E-state index contributed by atoms with van der Waals surface area (Å²) in [6, 6.07) is 6.84. The summed E-state index contributed by atoms with van der Waals surface area (Å²) in [5.41, 5.74) is -0.154. The Morgan fingerprint density at radius 3 is 2.67 bits per heavy atom. The zero-order chi connectivity index (χ0) is 13.1. The van der Waals surface area contributed by atoms with Gasteiger partial charge in [0, 0.05) is 12.1 Å². The molecule has 0 unspecified atom stereocenters. The molecule has 2 aromatic rings. The quantitative estimate of drug-likeness (QED) is 0.515. The van der Waals surface area contributed by atoms with Crippen LogP contribution >= 0.6 is 15.9 Å². The van der Waals surface area contributed by atoms with Gasteiger partial charge in [-0.25, -0.2) is 4.79 Å². The van der Waals surface area contributed by atoms with Crippen LogP contribution in [0.25, 0.3) is 5.69 Å². The number of aromatic nitrogens is 2. The lowest BCUT2D eigenvalue weighted by atomic mass is 10.2. The van der Waals surface area contributed by atoms with E-state index in [0.29, 0.717) is 11.4 Å². The third kappa shape index (κ3) is 2.21. The molecule has 0 radical (unpaired) electrons. The Morgan fingerprint density at radius 1 is 1.44 bits per heavy atom. The van der Waals surface area contributed by atoms with Crippen LogP contribution in [0.3, 0.4) is 0 Å². The predicted octanol–water partition coefficient (Wildman–Crippen LogP) is 0.831. The molecule has 2 rings (SSSR count). The van der Waals surface area contributed by atoms with Gasteiger partial charge in [0.2, 0.25) is 11.5 Å². The van der Waals surface area contributed by atoms with Crippen LogP contribution in [0.2, 0.25) is 0 Å². The number of ketones is 1. The number of H-pyrrole nitrogens is 1. The fourth-order valence-corrected chi connectivity index (χ4v) is 1.75. The Kier molecular flexibility index (Phi) is 3.61. The van der Waals surface area contributed by atoms with E-state index >= 15 is 0 Å². The molecule has 0 bridgehead atoms. The minimum atomic E-state index is -0.699. The molecule has 0 saturated carbocycles. The Balaban J connectivity index is 2.50. The molecule has 0 fully saturated rings. The molecule has 0 saturated heterocycles. The number of methoxy groups -OCH3 is 1. The van der Waals surface area contributed by atoms with Crippen molar-refractivity contribution in [1.82, 2.24) is 5.27 Å². The van der Waals surface area contributed by atoms with E-state index < -0.39 is 5.63 Å². The Hall–Kier alpha value is -1.89. The van der Waals surface area contributed by atoms with Gasteiger partial charge in [-0.15, -0.1) is 0 Å². The Morgan fingerprint density at radius 2 is 2.11 bits per heavy atom. The lowest BCUT2D eigenvalue weighted by molar-refractivity contribution is -0.672. The van der Waals surface area contributed by atoms with Crippen LogP contribution in [-0.4, -0.2) is 23.5 Å². The molecule has 0 aliphatic carbocycles. The van der Waals surface area contributed by atoms with Gasteiger partial charge < -0.3 is 4.74 Å². The van der Waals surface area contributed by atoms with Crippen molar-refractivity contribution in [3.8, 4) is 11.4 Å². The summed E-state index contributed by atoms with van der Waals surface area (Å²) in [6.07, 6.45) is 0. The number of carbonyl (C=O) groups excluding carboxylic acids is 1. The average molecular weight is 314 g/mol. The number of carbonyl (C=O) groups is 1. The summed E-state index contributed by atoms with van der Waals surface area (Å²) in [6.45, 7) is 0. The van der Waals surface area contributed by atoms with Crippen molar-refractivity contribution in [3.05, 3.63) is 40.4 Å². The summed E-state index contributed by atoms with van der Waals surface area (Å²) in [7, 11) is 1.56. The molecular formula is C11H10BrN2O4+. The number of alkyl halides is 1. The van der Waals surface area contributed by atoms with Crippen LogP contribution < -0.4 is 15.0 Å². The predicted molar refractivity (Wildman–Crippen MR) is 65.5 cm³/mol. The van der Waals surface area contributed by atoms with Gasteiger partial charge >= 0.3 is 11.3 Å². The maximum atomic E-state index is 11.6. The molecule has 0 amide bonds. The van der Waals surface area contributed by atoms with Crippen molar-refractivity contribution in [2.24, 2.45) is 0 Å². The van der Waals surface area contributed by atoms with E-state index in [1.807, 2.05) is 0 Å². The summed E-state index contributed by atoms with van der Waals surface area (Å²) >= 11 is 3.02. The largest absolute Gasteiger partial charge is 0.497 e. The highest BCUT2D eigenvalue weighted by molar-refractivity contribution is 9.09. The van der Waals surface area contributed by atoms with Gasteiger partial charge in [-0.1, -0.05) is 15.9 Å². The molecule has 1 N–H and O–H groups in total. The fraction of sp³-hybridized carbons (Fsp3) is 0.182. The lowest BCUT2D eigenvalue weighted by Crippen LogP contribution is -2.41. The first-order valence-corrected chi connectivity index (χ1v) is 6.16. The van der Waals surface area contributed by atoms with Crippen molar-refractivity contribution < 1.29 is 18.7 Å².